The van der Waals surface area contributed by atoms with Crippen molar-refractivity contribution in [1.29, 1.82) is 0 Å². The maximum atomic E-state index is 12.2. The predicted molar refractivity (Wildman–Crippen MR) is 70.6 cm³/mol. The van der Waals surface area contributed by atoms with E-state index in [9.17, 15) is 13.6 Å². The Labute approximate surface area is 115 Å². The molecule has 1 rings (SSSR count). The third-order valence-corrected chi connectivity index (χ3v) is 4.04. The van der Waals surface area contributed by atoms with Crippen molar-refractivity contribution in [3.8, 4) is 5.75 Å². The van der Waals surface area contributed by atoms with Gasteiger partial charge in [0.05, 0.1) is 0 Å². The fourth-order valence-electron chi connectivity index (χ4n) is 1.56. The standard InChI is InChI=1S/C13H16F2O3S/c1-8(2)11(12(16)17)19-7-9-5-3-4-6-10(9)18-13(14)15/h3-6,8,11,13H,7H2,1-2H3,(H,16,17). The molecule has 106 valence electrons. The van der Waals surface area contributed by atoms with Gasteiger partial charge < -0.3 is 9.84 Å². The first kappa shape index (κ1) is 15.8. The summed E-state index contributed by atoms with van der Waals surface area (Å²) in [5, 5.41) is 8.49. The Bertz CT molecular complexity index is 424. The first-order valence-corrected chi connectivity index (χ1v) is 6.83. The second-order valence-electron chi connectivity index (χ2n) is 4.30. The molecule has 0 fully saturated rings. The zero-order valence-electron chi connectivity index (χ0n) is 10.7. The Hall–Kier alpha value is -1.30. The lowest BCUT2D eigenvalue weighted by Crippen LogP contribution is -2.22. The van der Waals surface area contributed by atoms with E-state index in [4.69, 9.17) is 5.11 Å². The number of alkyl halides is 2. The number of carboxylic acids is 1. The van der Waals surface area contributed by atoms with Crippen LogP contribution < -0.4 is 4.74 Å². The average Bonchev–Trinajstić information content (AvgIpc) is 2.29. The van der Waals surface area contributed by atoms with Gasteiger partial charge in [-0.05, 0) is 12.0 Å². The van der Waals surface area contributed by atoms with Gasteiger partial charge in [0, 0.05) is 11.3 Å². The van der Waals surface area contributed by atoms with Gasteiger partial charge in [-0.2, -0.15) is 8.78 Å². The van der Waals surface area contributed by atoms with E-state index in [0.717, 1.165) is 0 Å². The lowest BCUT2D eigenvalue weighted by atomic mass is 10.1. The molecule has 1 N–H and O–H groups in total. The maximum Gasteiger partial charge on any atom is 0.387 e. The van der Waals surface area contributed by atoms with Crippen molar-refractivity contribution in [2.24, 2.45) is 5.92 Å². The molecule has 0 spiro atoms. The summed E-state index contributed by atoms with van der Waals surface area (Å²) in [4.78, 5) is 11.1. The molecule has 0 saturated carbocycles. The van der Waals surface area contributed by atoms with Crippen molar-refractivity contribution in [1.82, 2.24) is 0 Å². The quantitative estimate of drug-likeness (QED) is 0.833. The van der Waals surface area contributed by atoms with Gasteiger partial charge in [-0.15, -0.1) is 11.8 Å². The number of halogens is 2. The molecule has 0 aliphatic rings. The highest BCUT2D eigenvalue weighted by molar-refractivity contribution is 7.99. The molecular weight excluding hydrogens is 274 g/mol. The molecule has 0 amide bonds. The van der Waals surface area contributed by atoms with Crippen molar-refractivity contribution in [2.75, 3.05) is 0 Å². The van der Waals surface area contributed by atoms with E-state index >= 15 is 0 Å². The molecule has 6 heteroatoms. The van der Waals surface area contributed by atoms with Crippen LogP contribution >= 0.6 is 11.8 Å². The van der Waals surface area contributed by atoms with Crippen LogP contribution in [0.1, 0.15) is 19.4 Å². The molecule has 1 aromatic carbocycles. The first-order valence-electron chi connectivity index (χ1n) is 5.79. The Balaban J connectivity index is 2.74. The average molecular weight is 290 g/mol. The summed E-state index contributed by atoms with van der Waals surface area (Å²) in [6.45, 7) is 0.743. The summed E-state index contributed by atoms with van der Waals surface area (Å²) in [6.07, 6.45) is 0. The van der Waals surface area contributed by atoms with E-state index in [2.05, 4.69) is 4.74 Å². The number of benzene rings is 1. The van der Waals surface area contributed by atoms with Crippen molar-refractivity contribution in [3.63, 3.8) is 0 Å². The number of hydrogen-bond acceptors (Lipinski definition) is 3. The van der Waals surface area contributed by atoms with Crippen LogP contribution in [0.15, 0.2) is 24.3 Å². The van der Waals surface area contributed by atoms with Gasteiger partial charge in [-0.1, -0.05) is 32.0 Å². The van der Waals surface area contributed by atoms with Crippen LogP contribution in [0.3, 0.4) is 0 Å². The van der Waals surface area contributed by atoms with E-state index in [1.54, 1.807) is 18.2 Å². The molecule has 1 unspecified atom stereocenters. The molecular formula is C13H16F2O3S. The molecule has 0 heterocycles. The number of aliphatic carboxylic acids is 1. The first-order chi connectivity index (χ1) is 8.91. The summed E-state index contributed by atoms with van der Waals surface area (Å²) >= 11 is 1.21. The highest BCUT2D eigenvalue weighted by Gasteiger charge is 2.22. The van der Waals surface area contributed by atoms with E-state index in [1.807, 2.05) is 13.8 Å². The maximum absolute atomic E-state index is 12.2. The summed E-state index contributed by atoms with van der Waals surface area (Å²) in [5.74, 6) is -0.520. The third kappa shape index (κ3) is 5.06. The highest BCUT2D eigenvalue weighted by Crippen LogP contribution is 2.29. The van der Waals surface area contributed by atoms with Gasteiger partial charge in [-0.25, -0.2) is 0 Å². The lowest BCUT2D eigenvalue weighted by molar-refractivity contribution is -0.137. The minimum Gasteiger partial charge on any atom is -0.480 e. The van der Waals surface area contributed by atoms with Crippen LogP contribution in [0.5, 0.6) is 5.75 Å². The number of carbonyl (C=O) groups is 1. The second kappa shape index (κ2) is 7.33. The molecule has 0 bridgehead atoms. The van der Waals surface area contributed by atoms with Crippen LogP contribution in [0, 0.1) is 5.92 Å². The van der Waals surface area contributed by atoms with Crippen LogP contribution in [-0.2, 0) is 10.5 Å². The normalized spacial score (nSPS) is 12.7. The zero-order chi connectivity index (χ0) is 14.4. The number of hydrogen-bond donors (Lipinski definition) is 1. The van der Waals surface area contributed by atoms with Gasteiger partial charge in [0.15, 0.2) is 0 Å². The van der Waals surface area contributed by atoms with Crippen LogP contribution in [0.2, 0.25) is 0 Å². The molecule has 1 aromatic rings. The Morgan fingerprint density at radius 2 is 2.00 bits per heavy atom. The number of carboxylic acid groups (broad SMARTS) is 1. The molecule has 0 aromatic heterocycles. The van der Waals surface area contributed by atoms with Crippen LogP contribution in [0.25, 0.3) is 0 Å². The smallest absolute Gasteiger partial charge is 0.387 e. The van der Waals surface area contributed by atoms with E-state index in [1.165, 1.54) is 17.8 Å². The largest absolute Gasteiger partial charge is 0.480 e. The van der Waals surface area contributed by atoms with Gasteiger partial charge in [0.25, 0.3) is 0 Å². The highest BCUT2D eigenvalue weighted by atomic mass is 32.2. The van der Waals surface area contributed by atoms with Crippen LogP contribution in [0.4, 0.5) is 8.78 Å². The van der Waals surface area contributed by atoms with Gasteiger partial charge in [-0.3, -0.25) is 4.79 Å². The molecule has 0 aliphatic carbocycles. The summed E-state index contributed by atoms with van der Waals surface area (Å²) in [5.41, 5.74) is 0.569. The second-order valence-corrected chi connectivity index (χ2v) is 5.43. The fourth-order valence-corrected chi connectivity index (χ4v) is 2.69. The van der Waals surface area contributed by atoms with E-state index in [0.29, 0.717) is 11.3 Å². The lowest BCUT2D eigenvalue weighted by Gasteiger charge is -2.16. The van der Waals surface area contributed by atoms with Crippen molar-refractivity contribution >= 4 is 17.7 Å². The third-order valence-electron chi connectivity index (χ3n) is 2.46. The van der Waals surface area contributed by atoms with Crippen molar-refractivity contribution in [2.45, 2.75) is 31.5 Å². The Kier molecular flexibility index (Phi) is 6.08. The molecule has 0 radical (unpaired) electrons. The van der Waals surface area contributed by atoms with Gasteiger partial charge in [0.2, 0.25) is 0 Å². The predicted octanol–water partition coefficient (Wildman–Crippen LogP) is 3.63. The summed E-state index contributed by atoms with van der Waals surface area (Å²) in [7, 11) is 0. The molecule has 0 saturated heterocycles. The number of ether oxygens (including phenoxy) is 1. The molecule has 19 heavy (non-hydrogen) atoms. The van der Waals surface area contributed by atoms with Gasteiger partial charge >= 0.3 is 12.6 Å². The molecule has 1 atom stereocenters. The number of para-hydroxylation sites is 1. The Morgan fingerprint density at radius 1 is 1.37 bits per heavy atom. The Morgan fingerprint density at radius 3 is 2.53 bits per heavy atom. The molecule has 3 nitrogen and oxygen atoms in total. The number of rotatable bonds is 7. The minimum absolute atomic E-state index is 0.0364. The monoisotopic (exact) mass is 290 g/mol. The number of thioether (sulfide) groups is 1. The van der Waals surface area contributed by atoms with Crippen molar-refractivity contribution < 1.29 is 23.4 Å². The van der Waals surface area contributed by atoms with Crippen molar-refractivity contribution in [3.05, 3.63) is 29.8 Å². The topological polar surface area (TPSA) is 46.5 Å². The van der Waals surface area contributed by atoms with Crippen LogP contribution in [-0.4, -0.2) is 22.9 Å². The van der Waals surface area contributed by atoms with E-state index < -0.39 is 17.8 Å². The SMILES string of the molecule is CC(C)C(SCc1ccccc1OC(F)F)C(=O)O. The minimum atomic E-state index is -2.88. The molecule has 0 aliphatic heterocycles. The summed E-state index contributed by atoms with van der Waals surface area (Å²) in [6, 6.07) is 6.42. The zero-order valence-corrected chi connectivity index (χ0v) is 11.5. The summed E-state index contributed by atoms with van der Waals surface area (Å²) < 4.78 is 28.9. The fraction of sp³-hybridized carbons (Fsp3) is 0.462. The van der Waals surface area contributed by atoms with E-state index in [-0.39, 0.29) is 11.7 Å². The van der Waals surface area contributed by atoms with Gasteiger partial charge in [0.1, 0.15) is 11.0 Å².